The van der Waals surface area contributed by atoms with Crippen molar-refractivity contribution in [2.45, 2.75) is 13.8 Å². The molecular formula is C67H48N2. The first-order valence-corrected chi connectivity index (χ1v) is 23.8. The van der Waals surface area contributed by atoms with Crippen molar-refractivity contribution in [2.75, 3.05) is 0 Å². The molecule has 0 unspecified atom stereocenters. The number of benzene rings is 11. The molecule has 0 amide bonds. The molecule has 0 radical (unpaired) electrons. The van der Waals surface area contributed by atoms with Crippen LogP contribution < -0.4 is 0 Å². The van der Waals surface area contributed by atoms with Gasteiger partial charge in [-0.15, -0.1) is 0 Å². The monoisotopic (exact) mass is 880 g/mol. The lowest BCUT2D eigenvalue weighted by atomic mass is 9.74. The van der Waals surface area contributed by atoms with Crippen molar-refractivity contribution in [3.8, 4) is 94.7 Å². The van der Waals surface area contributed by atoms with E-state index < -0.39 is 0 Å². The van der Waals surface area contributed by atoms with E-state index >= 15 is 0 Å². The molecule has 0 saturated carbocycles. The van der Waals surface area contributed by atoms with Crippen molar-refractivity contribution >= 4 is 21.5 Å². The van der Waals surface area contributed by atoms with E-state index in [2.05, 4.69) is 273 Å². The van der Waals surface area contributed by atoms with Gasteiger partial charge < -0.3 is 0 Å². The molecule has 1 aromatic heterocycles. The number of hydrogen-bond acceptors (Lipinski definition) is 1. The molecule has 0 aliphatic heterocycles. The van der Waals surface area contributed by atoms with Crippen LogP contribution in [0.2, 0.25) is 0 Å². The molecule has 2 nitrogen and oxygen atoms in total. The molecule has 0 spiro atoms. The summed E-state index contributed by atoms with van der Waals surface area (Å²) in [5.41, 5.74) is 21.6. The Labute approximate surface area is 404 Å². The zero-order valence-electron chi connectivity index (χ0n) is 38.6. The predicted octanol–water partition coefficient (Wildman–Crippen LogP) is 18.1. The fourth-order valence-corrected chi connectivity index (χ4v) is 10.8. The van der Waals surface area contributed by atoms with E-state index in [1.54, 1.807) is 0 Å². The zero-order valence-corrected chi connectivity index (χ0v) is 38.6. The minimum absolute atomic E-state index is 0.958. The third-order valence-electron chi connectivity index (χ3n) is 13.6. The van der Waals surface area contributed by atoms with Gasteiger partial charge in [0.1, 0.15) is 0 Å². The molecule has 0 atom stereocenters. The van der Waals surface area contributed by atoms with Gasteiger partial charge in [0, 0.05) is 27.6 Å². The van der Waals surface area contributed by atoms with Crippen LogP contribution >= 0.6 is 0 Å². The summed E-state index contributed by atoms with van der Waals surface area (Å²) >= 11 is 0. The van der Waals surface area contributed by atoms with Gasteiger partial charge in [0.25, 0.3) is 0 Å². The van der Waals surface area contributed by atoms with E-state index in [-0.39, 0.29) is 0 Å². The third kappa shape index (κ3) is 7.26. The van der Waals surface area contributed by atoms with Gasteiger partial charge in [0.15, 0.2) is 0 Å². The summed E-state index contributed by atoms with van der Waals surface area (Å²) < 4.78 is 2.26. The number of rotatable bonds is 9. The van der Waals surface area contributed by atoms with Crippen molar-refractivity contribution in [2.24, 2.45) is 0 Å². The van der Waals surface area contributed by atoms with Gasteiger partial charge in [-0.05, 0) is 115 Å². The second-order valence-corrected chi connectivity index (χ2v) is 17.8. The molecule has 0 N–H and O–H groups in total. The second kappa shape index (κ2) is 17.8. The summed E-state index contributed by atoms with van der Waals surface area (Å²) in [4.78, 5) is 0. The maximum atomic E-state index is 5.54. The van der Waals surface area contributed by atoms with Gasteiger partial charge in [-0.3, -0.25) is 0 Å². The van der Waals surface area contributed by atoms with Crippen molar-refractivity contribution in [1.82, 2.24) is 9.78 Å². The van der Waals surface area contributed by atoms with Crippen molar-refractivity contribution < 1.29 is 0 Å². The molecule has 0 bridgehead atoms. The first kappa shape index (κ1) is 41.6. The normalized spacial score (nSPS) is 11.3. The number of hydrogen-bond donors (Lipinski definition) is 0. The maximum absolute atomic E-state index is 5.54. The Morgan fingerprint density at radius 1 is 0.261 bits per heavy atom. The Balaban J connectivity index is 1.49. The summed E-state index contributed by atoms with van der Waals surface area (Å²) in [6.45, 7) is 4.32. The molecule has 326 valence electrons. The molecule has 0 saturated heterocycles. The standard InChI is InChI=1S/C67H48N2/c1-45-43-46(2)69(68-45)67-65-55(57(47-27-11-3-12-28-47)59(49-31-15-5-16-32-49)61(51-35-19-7-20-36-51)63(65)53-39-23-9-24-40-53)44-56-58(48-29-13-4-14-30-48)60(50-33-17-6-18-34-50)62(52-37-21-8-22-38-52)64(66(56)67)54-41-25-10-26-42-54/h3-44H,1-2H3. The van der Waals surface area contributed by atoms with Crippen LogP contribution in [0.3, 0.4) is 0 Å². The Hall–Kier alpha value is -8.85. The summed E-state index contributed by atoms with van der Waals surface area (Å²) in [6, 6.07) is 93.0. The van der Waals surface area contributed by atoms with E-state index in [1.807, 2.05) is 0 Å². The lowest BCUT2D eigenvalue weighted by Gasteiger charge is -2.30. The van der Waals surface area contributed by atoms with Gasteiger partial charge in [0.2, 0.25) is 0 Å². The van der Waals surface area contributed by atoms with Crippen molar-refractivity contribution in [1.29, 1.82) is 0 Å². The number of aromatic nitrogens is 2. The van der Waals surface area contributed by atoms with Gasteiger partial charge in [-0.2, -0.15) is 5.10 Å². The summed E-state index contributed by atoms with van der Waals surface area (Å²) in [6.07, 6.45) is 0. The van der Waals surface area contributed by atoms with E-state index in [0.717, 1.165) is 94.3 Å². The SMILES string of the molecule is Cc1cc(C)n(-c2c3c(-c4ccccc4)c(-c4ccccc4)c(-c4ccccc4)c(-c4ccccc4)c3cc3c(-c4ccccc4)c(-c4ccccc4)c(-c4ccccc4)c(-c4ccccc4)c23)n1. The fourth-order valence-electron chi connectivity index (χ4n) is 10.8. The van der Waals surface area contributed by atoms with Crippen LogP contribution in [0.25, 0.3) is 116 Å². The lowest BCUT2D eigenvalue weighted by molar-refractivity contribution is 0.845. The van der Waals surface area contributed by atoms with Gasteiger partial charge in [0.05, 0.1) is 11.4 Å². The second-order valence-electron chi connectivity index (χ2n) is 17.8. The van der Waals surface area contributed by atoms with Crippen molar-refractivity contribution in [3.05, 3.63) is 266 Å². The largest absolute Gasteiger partial charge is 0.237 e. The topological polar surface area (TPSA) is 17.8 Å². The Kier molecular flexibility index (Phi) is 10.7. The summed E-state index contributed by atoms with van der Waals surface area (Å²) in [5.74, 6) is 0. The van der Waals surface area contributed by atoms with E-state index in [4.69, 9.17) is 5.10 Å². The van der Waals surface area contributed by atoms with Crippen LogP contribution in [0.1, 0.15) is 11.4 Å². The number of aryl methyl sites for hydroxylation is 2. The highest BCUT2D eigenvalue weighted by Crippen LogP contribution is 2.58. The van der Waals surface area contributed by atoms with Crippen LogP contribution in [-0.4, -0.2) is 9.78 Å². The molecule has 0 fully saturated rings. The Morgan fingerprint density at radius 3 is 0.739 bits per heavy atom. The predicted molar refractivity (Wildman–Crippen MR) is 292 cm³/mol. The summed E-state index contributed by atoms with van der Waals surface area (Å²) in [7, 11) is 0. The van der Waals surface area contributed by atoms with Crippen LogP contribution in [0.15, 0.2) is 255 Å². The lowest BCUT2D eigenvalue weighted by Crippen LogP contribution is -2.08. The van der Waals surface area contributed by atoms with Gasteiger partial charge in [-0.25, -0.2) is 4.68 Å². The first-order chi connectivity index (χ1) is 34.1. The van der Waals surface area contributed by atoms with Crippen molar-refractivity contribution in [3.63, 3.8) is 0 Å². The first-order valence-electron chi connectivity index (χ1n) is 23.8. The summed E-state index contributed by atoms with van der Waals surface area (Å²) in [5, 5.41) is 10.1. The number of fused-ring (bicyclic) bond motifs is 2. The molecule has 11 aromatic carbocycles. The van der Waals surface area contributed by atoms with Gasteiger partial charge >= 0.3 is 0 Å². The maximum Gasteiger partial charge on any atom is 0.0818 e. The highest BCUT2D eigenvalue weighted by molar-refractivity contribution is 6.30. The molecule has 0 aliphatic carbocycles. The molecule has 69 heavy (non-hydrogen) atoms. The van der Waals surface area contributed by atoms with E-state index in [1.165, 1.54) is 33.4 Å². The molecular weight excluding hydrogens is 833 g/mol. The molecule has 2 heteroatoms. The van der Waals surface area contributed by atoms with Crippen LogP contribution in [0, 0.1) is 13.8 Å². The molecule has 12 rings (SSSR count). The fraction of sp³-hybridized carbons (Fsp3) is 0.0299. The van der Waals surface area contributed by atoms with E-state index in [0.29, 0.717) is 0 Å². The Bertz CT molecular complexity index is 3550. The zero-order chi connectivity index (χ0) is 46.3. The Morgan fingerprint density at radius 2 is 0.493 bits per heavy atom. The van der Waals surface area contributed by atoms with Crippen LogP contribution in [-0.2, 0) is 0 Å². The average molecular weight is 881 g/mol. The minimum atomic E-state index is 0.958. The van der Waals surface area contributed by atoms with E-state index in [9.17, 15) is 0 Å². The third-order valence-corrected chi connectivity index (χ3v) is 13.6. The highest BCUT2D eigenvalue weighted by Gasteiger charge is 2.32. The smallest absolute Gasteiger partial charge is 0.0818 e. The molecule has 12 aromatic rings. The minimum Gasteiger partial charge on any atom is -0.237 e. The highest BCUT2D eigenvalue weighted by atomic mass is 15.3. The van der Waals surface area contributed by atoms with Gasteiger partial charge in [-0.1, -0.05) is 243 Å². The van der Waals surface area contributed by atoms with Crippen LogP contribution in [0.5, 0.6) is 0 Å². The molecule has 0 aliphatic rings. The average Bonchev–Trinajstić information content (AvgIpc) is 3.77. The van der Waals surface area contributed by atoms with Crippen LogP contribution in [0.4, 0.5) is 0 Å². The molecule has 1 heterocycles. The quantitative estimate of drug-likeness (QED) is 0.132. The number of nitrogens with zero attached hydrogens (tertiary/aromatic N) is 2.